The largest absolute Gasteiger partial charge is 0.480 e. The molecule has 0 heterocycles. The molecule has 1 rings (SSSR count). The molecule has 0 saturated heterocycles. The number of carboxylic acids is 1. The number of hydrogen-bond donors (Lipinski definition) is 3. The Labute approximate surface area is 97.4 Å². The lowest BCUT2D eigenvalue weighted by molar-refractivity contribution is -0.137. The molecule has 4 N–H and O–H groups in total. The maximum atomic E-state index is 13.5. The Bertz CT molecular complexity index is 474. The minimum atomic E-state index is -1.07. The van der Waals surface area contributed by atoms with E-state index < -0.39 is 23.7 Å². The monoisotopic (exact) mass is 240 g/mol. The van der Waals surface area contributed by atoms with Gasteiger partial charge in [0, 0.05) is 16.8 Å². The molecule has 1 aromatic carbocycles. The van der Waals surface area contributed by atoms with Crippen LogP contribution in [0, 0.1) is 12.7 Å². The minimum absolute atomic E-state index is 0.00631. The van der Waals surface area contributed by atoms with Gasteiger partial charge >= 0.3 is 5.97 Å². The van der Waals surface area contributed by atoms with Crippen LogP contribution in [-0.2, 0) is 4.79 Å². The van der Waals surface area contributed by atoms with Crippen LogP contribution in [0.2, 0.25) is 0 Å². The van der Waals surface area contributed by atoms with Crippen molar-refractivity contribution in [2.45, 2.75) is 19.9 Å². The fourth-order valence-corrected chi connectivity index (χ4v) is 1.27. The third-order valence-corrected chi connectivity index (χ3v) is 2.37. The Morgan fingerprint density at radius 1 is 1.47 bits per heavy atom. The predicted octanol–water partition coefficient (Wildman–Crippen LogP) is 1.12. The molecule has 1 amide bonds. The summed E-state index contributed by atoms with van der Waals surface area (Å²) in [5.41, 5.74) is 5.52. The van der Waals surface area contributed by atoms with E-state index in [-0.39, 0.29) is 16.8 Å². The highest BCUT2D eigenvalue weighted by molar-refractivity contribution is 5.94. The van der Waals surface area contributed by atoms with Crippen molar-refractivity contribution in [1.29, 1.82) is 0 Å². The number of hydrogen-bond acceptors (Lipinski definition) is 3. The molecule has 0 bridgehead atoms. The first-order valence-electron chi connectivity index (χ1n) is 4.92. The Morgan fingerprint density at radius 3 is 2.53 bits per heavy atom. The molecular weight excluding hydrogens is 227 g/mol. The third kappa shape index (κ3) is 2.93. The van der Waals surface area contributed by atoms with Crippen LogP contribution in [0.15, 0.2) is 12.1 Å². The van der Waals surface area contributed by atoms with Crippen LogP contribution < -0.4 is 11.1 Å². The van der Waals surface area contributed by atoms with Gasteiger partial charge < -0.3 is 16.2 Å². The van der Waals surface area contributed by atoms with E-state index in [1.807, 2.05) is 0 Å². The van der Waals surface area contributed by atoms with E-state index >= 15 is 0 Å². The average molecular weight is 240 g/mol. The fourth-order valence-electron chi connectivity index (χ4n) is 1.27. The van der Waals surface area contributed by atoms with Crippen LogP contribution in [-0.4, -0.2) is 23.0 Å². The molecule has 6 heteroatoms. The molecule has 0 aliphatic carbocycles. The Morgan fingerprint density at radius 2 is 2.06 bits per heavy atom. The summed E-state index contributed by atoms with van der Waals surface area (Å²) in [5.74, 6) is -2.45. The second-order valence-corrected chi connectivity index (χ2v) is 3.70. The zero-order valence-electron chi connectivity index (χ0n) is 9.45. The minimum Gasteiger partial charge on any atom is -0.480 e. The van der Waals surface area contributed by atoms with Gasteiger partial charge in [-0.2, -0.15) is 0 Å². The first kappa shape index (κ1) is 13.0. The Kier molecular flexibility index (Phi) is 3.67. The van der Waals surface area contributed by atoms with Gasteiger partial charge in [0.2, 0.25) is 5.91 Å². The average Bonchev–Trinajstić information content (AvgIpc) is 2.23. The Balaban J connectivity index is 3.14. The van der Waals surface area contributed by atoms with E-state index in [1.54, 1.807) is 0 Å². The highest BCUT2D eigenvalue weighted by Gasteiger charge is 2.15. The number of nitrogens with two attached hydrogens (primary N) is 1. The topological polar surface area (TPSA) is 92.4 Å². The van der Waals surface area contributed by atoms with Gasteiger partial charge in [-0.1, -0.05) is 0 Å². The number of carbonyl (C=O) groups is 2. The summed E-state index contributed by atoms with van der Waals surface area (Å²) < 4.78 is 13.5. The summed E-state index contributed by atoms with van der Waals surface area (Å²) in [6.45, 7) is 2.90. The number of benzene rings is 1. The molecule has 0 aliphatic rings. The van der Waals surface area contributed by atoms with Gasteiger partial charge in [-0.25, -0.2) is 4.39 Å². The first-order valence-corrected chi connectivity index (χ1v) is 4.92. The van der Waals surface area contributed by atoms with Crippen molar-refractivity contribution >= 4 is 17.6 Å². The lowest BCUT2D eigenvalue weighted by Crippen LogP contribution is -2.26. The lowest BCUT2D eigenvalue weighted by atomic mass is 10.1. The van der Waals surface area contributed by atoms with Crippen molar-refractivity contribution in [3.8, 4) is 0 Å². The highest BCUT2D eigenvalue weighted by atomic mass is 19.1. The van der Waals surface area contributed by atoms with Crippen molar-refractivity contribution in [3.05, 3.63) is 29.1 Å². The van der Waals surface area contributed by atoms with E-state index in [2.05, 4.69) is 5.32 Å². The number of nitrogens with one attached hydrogen (secondary N) is 1. The maximum Gasteiger partial charge on any atom is 0.325 e. The SMILES string of the molecule is Cc1c(F)cc(C(N)=O)cc1NC(C)C(=O)O. The van der Waals surface area contributed by atoms with Crippen molar-refractivity contribution < 1.29 is 19.1 Å². The standard InChI is InChI=1S/C11H13FN2O3/c1-5-8(12)3-7(10(13)15)4-9(5)14-6(2)11(16)17/h3-4,6,14H,1-2H3,(H2,13,15)(H,16,17). The molecule has 5 nitrogen and oxygen atoms in total. The zero-order chi connectivity index (χ0) is 13.2. The molecule has 0 radical (unpaired) electrons. The number of halogens is 1. The number of carboxylic acid groups (broad SMARTS) is 1. The van der Waals surface area contributed by atoms with Crippen LogP contribution >= 0.6 is 0 Å². The quantitative estimate of drug-likeness (QED) is 0.735. The molecule has 0 saturated carbocycles. The van der Waals surface area contributed by atoms with E-state index in [1.165, 1.54) is 19.9 Å². The number of aliphatic carboxylic acids is 1. The van der Waals surface area contributed by atoms with Gasteiger partial charge in [0.15, 0.2) is 0 Å². The maximum absolute atomic E-state index is 13.5. The third-order valence-electron chi connectivity index (χ3n) is 2.37. The molecule has 1 unspecified atom stereocenters. The molecule has 0 spiro atoms. The Hall–Kier alpha value is -2.11. The van der Waals surface area contributed by atoms with Crippen molar-refractivity contribution in [3.63, 3.8) is 0 Å². The number of carbonyl (C=O) groups excluding carboxylic acids is 1. The van der Waals surface area contributed by atoms with Crippen LogP contribution in [0.1, 0.15) is 22.8 Å². The molecule has 0 fully saturated rings. The van der Waals surface area contributed by atoms with E-state index in [4.69, 9.17) is 10.8 Å². The molecule has 17 heavy (non-hydrogen) atoms. The van der Waals surface area contributed by atoms with Gasteiger partial charge in [-0.05, 0) is 26.0 Å². The summed E-state index contributed by atoms with van der Waals surface area (Å²) in [4.78, 5) is 21.6. The summed E-state index contributed by atoms with van der Waals surface area (Å²) in [7, 11) is 0. The molecule has 1 atom stereocenters. The zero-order valence-corrected chi connectivity index (χ0v) is 9.45. The molecular formula is C11H13FN2O3. The number of rotatable bonds is 4. The number of primary amides is 1. The van der Waals surface area contributed by atoms with Crippen molar-refractivity contribution in [2.24, 2.45) is 5.73 Å². The summed E-state index contributed by atoms with van der Waals surface area (Å²) in [6.07, 6.45) is 0. The van der Waals surface area contributed by atoms with Gasteiger partial charge in [0.05, 0.1) is 0 Å². The van der Waals surface area contributed by atoms with Gasteiger partial charge in [-0.3, -0.25) is 9.59 Å². The van der Waals surface area contributed by atoms with E-state index in [0.717, 1.165) is 6.07 Å². The summed E-state index contributed by atoms with van der Waals surface area (Å²) in [5, 5.41) is 11.3. The first-order chi connectivity index (χ1) is 7.82. The molecule has 0 aromatic heterocycles. The smallest absolute Gasteiger partial charge is 0.325 e. The molecule has 1 aromatic rings. The summed E-state index contributed by atoms with van der Waals surface area (Å²) >= 11 is 0. The van der Waals surface area contributed by atoms with Gasteiger partial charge in [-0.15, -0.1) is 0 Å². The molecule has 0 aliphatic heterocycles. The highest BCUT2D eigenvalue weighted by Crippen LogP contribution is 2.21. The second kappa shape index (κ2) is 4.82. The van der Waals surface area contributed by atoms with Crippen LogP contribution in [0.5, 0.6) is 0 Å². The molecule has 92 valence electrons. The van der Waals surface area contributed by atoms with E-state index in [0.29, 0.717) is 0 Å². The number of anilines is 1. The number of amides is 1. The van der Waals surface area contributed by atoms with Crippen LogP contribution in [0.4, 0.5) is 10.1 Å². The summed E-state index contributed by atoms with van der Waals surface area (Å²) in [6, 6.07) is 1.46. The van der Waals surface area contributed by atoms with Gasteiger partial charge in [0.1, 0.15) is 11.9 Å². The second-order valence-electron chi connectivity index (χ2n) is 3.70. The van der Waals surface area contributed by atoms with Crippen LogP contribution in [0.25, 0.3) is 0 Å². The van der Waals surface area contributed by atoms with Crippen molar-refractivity contribution in [2.75, 3.05) is 5.32 Å². The van der Waals surface area contributed by atoms with Gasteiger partial charge in [0.25, 0.3) is 0 Å². The fraction of sp³-hybridized carbons (Fsp3) is 0.273. The lowest BCUT2D eigenvalue weighted by Gasteiger charge is -2.14. The van der Waals surface area contributed by atoms with E-state index in [9.17, 15) is 14.0 Å². The van der Waals surface area contributed by atoms with Crippen LogP contribution in [0.3, 0.4) is 0 Å². The predicted molar refractivity (Wildman–Crippen MR) is 60.4 cm³/mol. The van der Waals surface area contributed by atoms with Crippen molar-refractivity contribution in [1.82, 2.24) is 0 Å². The normalized spacial score (nSPS) is 11.9.